The first-order chi connectivity index (χ1) is 8.10. The number of nitrogens with one attached hydrogen (secondary N) is 1. The molecule has 18 heavy (non-hydrogen) atoms. The van der Waals surface area contributed by atoms with Crippen LogP contribution in [0.15, 0.2) is 0 Å². The Morgan fingerprint density at radius 2 is 1.72 bits per heavy atom. The van der Waals surface area contributed by atoms with Gasteiger partial charge in [-0.15, -0.1) is 0 Å². The Labute approximate surface area is 114 Å². The van der Waals surface area contributed by atoms with E-state index in [1.54, 1.807) is 20.8 Å². The van der Waals surface area contributed by atoms with Gasteiger partial charge in [0.05, 0.1) is 10.5 Å². The van der Waals surface area contributed by atoms with Crippen molar-refractivity contribution in [3.8, 4) is 0 Å². The van der Waals surface area contributed by atoms with Gasteiger partial charge in [0.2, 0.25) is 0 Å². The third-order valence-corrected chi connectivity index (χ3v) is 5.95. The van der Waals surface area contributed by atoms with Crippen molar-refractivity contribution >= 4 is 9.84 Å². The highest BCUT2D eigenvalue weighted by Crippen LogP contribution is 2.20. The van der Waals surface area contributed by atoms with Gasteiger partial charge in [-0.25, -0.2) is 8.42 Å². The highest BCUT2D eigenvalue weighted by Gasteiger charge is 2.28. The fourth-order valence-corrected chi connectivity index (χ4v) is 3.18. The van der Waals surface area contributed by atoms with Crippen molar-refractivity contribution in [2.75, 3.05) is 12.3 Å². The lowest BCUT2D eigenvalue weighted by atomic mass is 10.0. The van der Waals surface area contributed by atoms with Gasteiger partial charge in [-0.2, -0.15) is 0 Å². The van der Waals surface area contributed by atoms with E-state index in [0.29, 0.717) is 17.7 Å². The fraction of sp³-hybridized carbons (Fsp3) is 1.00. The number of hydrogen-bond donors (Lipinski definition) is 1. The van der Waals surface area contributed by atoms with Crippen LogP contribution in [0.3, 0.4) is 0 Å². The summed E-state index contributed by atoms with van der Waals surface area (Å²) in [6.45, 7) is 12.8. The number of hydrogen-bond acceptors (Lipinski definition) is 3. The molecule has 0 heterocycles. The van der Waals surface area contributed by atoms with E-state index < -0.39 is 14.6 Å². The summed E-state index contributed by atoms with van der Waals surface area (Å²) in [4.78, 5) is 0. The molecule has 0 fully saturated rings. The Morgan fingerprint density at radius 3 is 2.17 bits per heavy atom. The molecule has 4 heteroatoms. The summed E-state index contributed by atoms with van der Waals surface area (Å²) in [6, 6.07) is 0.470. The first-order valence-electron chi connectivity index (χ1n) is 7.05. The Bertz CT molecular complexity index is 317. The molecule has 0 rings (SSSR count). The van der Waals surface area contributed by atoms with Crippen LogP contribution in [-0.2, 0) is 9.84 Å². The minimum Gasteiger partial charge on any atom is -0.314 e. The number of sulfone groups is 1. The monoisotopic (exact) mass is 277 g/mol. The van der Waals surface area contributed by atoms with Crippen LogP contribution >= 0.6 is 0 Å². The minimum absolute atomic E-state index is 0.304. The summed E-state index contributed by atoms with van der Waals surface area (Å²) < 4.78 is 23.4. The lowest BCUT2D eigenvalue weighted by molar-refractivity contribution is 0.412. The van der Waals surface area contributed by atoms with Crippen LogP contribution < -0.4 is 5.32 Å². The summed E-state index contributed by atoms with van der Waals surface area (Å²) in [7, 11) is -2.97. The maximum Gasteiger partial charge on any atom is 0.155 e. The second-order valence-electron chi connectivity index (χ2n) is 6.42. The summed E-state index contributed by atoms with van der Waals surface area (Å²) in [5.41, 5.74) is 0. The first-order valence-corrected chi connectivity index (χ1v) is 8.71. The average molecular weight is 277 g/mol. The van der Waals surface area contributed by atoms with Crippen LogP contribution in [0.2, 0.25) is 0 Å². The van der Waals surface area contributed by atoms with E-state index in [1.807, 2.05) is 0 Å². The first kappa shape index (κ1) is 17.9. The summed E-state index contributed by atoms with van der Waals surface area (Å²) in [5, 5.41) is 3.44. The van der Waals surface area contributed by atoms with Crippen molar-refractivity contribution in [1.82, 2.24) is 5.32 Å². The van der Waals surface area contributed by atoms with Crippen LogP contribution in [0.5, 0.6) is 0 Å². The molecule has 0 saturated heterocycles. The zero-order chi connectivity index (χ0) is 14.4. The maximum atomic E-state index is 12.0. The highest BCUT2D eigenvalue weighted by molar-refractivity contribution is 7.92. The van der Waals surface area contributed by atoms with Crippen molar-refractivity contribution in [2.45, 2.75) is 71.6 Å². The Kier molecular flexibility index (Phi) is 7.45. The molecule has 0 radical (unpaired) electrons. The van der Waals surface area contributed by atoms with E-state index >= 15 is 0 Å². The van der Waals surface area contributed by atoms with E-state index in [0.717, 1.165) is 25.8 Å². The average Bonchev–Trinajstić information content (AvgIpc) is 2.22. The molecule has 0 aliphatic heterocycles. The fourth-order valence-electron chi connectivity index (χ4n) is 1.86. The van der Waals surface area contributed by atoms with Crippen LogP contribution in [0.4, 0.5) is 0 Å². The van der Waals surface area contributed by atoms with Gasteiger partial charge in [-0.3, -0.25) is 0 Å². The Morgan fingerprint density at radius 1 is 1.17 bits per heavy atom. The molecule has 0 saturated carbocycles. The normalized spacial score (nSPS) is 16.6. The predicted octanol–water partition coefficient (Wildman–Crippen LogP) is 3.00. The zero-order valence-electron chi connectivity index (χ0n) is 12.9. The molecule has 1 N–H and O–H groups in total. The van der Waals surface area contributed by atoms with Gasteiger partial charge in [-0.05, 0) is 59.4 Å². The van der Waals surface area contributed by atoms with Gasteiger partial charge >= 0.3 is 0 Å². The second kappa shape index (κ2) is 7.49. The molecule has 0 spiro atoms. The van der Waals surface area contributed by atoms with Crippen LogP contribution in [-0.4, -0.2) is 31.5 Å². The highest BCUT2D eigenvalue weighted by atomic mass is 32.2. The molecular formula is C14H31NO2S. The molecule has 2 unspecified atom stereocenters. The standard InChI is InChI=1S/C14H31NO2S/c1-7-9-15-13(3)11-12(2)8-10-18(16,17)14(4,5)6/h12-13,15H,7-11H2,1-6H3. The lowest BCUT2D eigenvalue weighted by Gasteiger charge is -2.22. The van der Waals surface area contributed by atoms with E-state index in [9.17, 15) is 8.42 Å². The van der Waals surface area contributed by atoms with Crippen LogP contribution in [0, 0.1) is 5.92 Å². The minimum atomic E-state index is -2.97. The summed E-state index contributed by atoms with van der Waals surface area (Å²) in [6.07, 6.45) is 2.94. The topological polar surface area (TPSA) is 46.2 Å². The summed E-state index contributed by atoms with van der Waals surface area (Å²) in [5.74, 6) is 0.750. The molecule has 3 nitrogen and oxygen atoms in total. The molecule has 110 valence electrons. The van der Waals surface area contributed by atoms with Gasteiger partial charge in [0.1, 0.15) is 0 Å². The van der Waals surface area contributed by atoms with Crippen molar-refractivity contribution in [2.24, 2.45) is 5.92 Å². The van der Waals surface area contributed by atoms with Gasteiger partial charge in [-0.1, -0.05) is 13.8 Å². The molecule has 0 aromatic carbocycles. The molecule has 0 aliphatic carbocycles. The van der Waals surface area contributed by atoms with E-state index in [4.69, 9.17) is 0 Å². The van der Waals surface area contributed by atoms with Gasteiger partial charge in [0.15, 0.2) is 9.84 Å². The third kappa shape index (κ3) is 6.74. The quantitative estimate of drug-likeness (QED) is 0.742. The van der Waals surface area contributed by atoms with Gasteiger partial charge in [0.25, 0.3) is 0 Å². The zero-order valence-corrected chi connectivity index (χ0v) is 13.7. The largest absolute Gasteiger partial charge is 0.314 e. The van der Waals surface area contributed by atoms with E-state index in [-0.39, 0.29) is 0 Å². The van der Waals surface area contributed by atoms with Crippen molar-refractivity contribution in [3.05, 3.63) is 0 Å². The smallest absolute Gasteiger partial charge is 0.155 e. The van der Waals surface area contributed by atoms with Crippen LogP contribution in [0.25, 0.3) is 0 Å². The molecule has 0 bridgehead atoms. The third-order valence-electron chi connectivity index (χ3n) is 3.31. The Balaban J connectivity index is 4.08. The summed E-state index contributed by atoms with van der Waals surface area (Å²) >= 11 is 0. The molecule has 0 aromatic heterocycles. The van der Waals surface area contributed by atoms with Gasteiger partial charge < -0.3 is 5.32 Å². The molecule has 0 aliphatic rings. The molecule has 0 amide bonds. The molecular weight excluding hydrogens is 246 g/mol. The molecule has 0 aromatic rings. The van der Waals surface area contributed by atoms with Crippen molar-refractivity contribution in [1.29, 1.82) is 0 Å². The Hall–Kier alpha value is -0.0900. The van der Waals surface area contributed by atoms with Crippen molar-refractivity contribution < 1.29 is 8.42 Å². The van der Waals surface area contributed by atoms with Crippen LogP contribution in [0.1, 0.15) is 60.8 Å². The van der Waals surface area contributed by atoms with Gasteiger partial charge in [0, 0.05) is 6.04 Å². The van der Waals surface area contributed by atoms with Crippen molar-refractivity contribution in [3.63, 3.8) is 0 Å². The predicted molar refractivity (Wildman–Crippen MR) is 79.7 cm³/mol. The lowest BCUT2D eigenvalue weighted by Crippen LogP contribution is -2.32. The second-order valence-corrected chi connectivity index (χ2v) is 9.28. The van der Waals surface area contributed by atoms with E-state index in [2.05, 4.69) is 26.1 Å². The SMILES string of the molecule is CCCNC(C)CC(C)CCS(=O)(=O)C(C)(C)C. The van der Waals surface area contributed by atoms with E-state index in [1.165, 1.54) is 0 Å². The maximum absolute atomic E-state index is 12.0. The number of rotatable bonds is 8. The molecule has 2 atom stereocenters.